The van der Waals surface area contributed by atoms with E-state index in [1.165, 1.54) is 12.1 Å². The number of nitrogens with two attached hydrogens (primary N) is 1. The molecule has 0 bridgehead atoms. The summed E-state index contributed by atoms with van der Waals surface area (Å²) in [5.74, 6) is -0.429. The Kier molecular flexibility index (Phi) is 7.95. The number of alkyl halides is 3. The Bertz CT molecular complexity index is 841. The van der Waals surface area contributed by atoms with Gasteiger partial charge in [-0.15, -0.1) is 0 Å². The Hall–Kier alpha value is -2.43. The Morgan fingerprint density at radius 3 is 1.81 bits per heavy atom. The summed E-state index contributed by atoms with van der Waals surface area (Å²) in [7, 11) is -3.67. The minimum atomic E-state index is -4.32. The first kappa shape index (κ1) is 22.6. The number of hydrogen-bond acceptors (Lipinski definition) is 4. The number of rotatable bonds is 5. The molecule has 0 heterocycles. The van der Waals surface area contributed by atoms with E-state index in [4.69, 9.17) is 10.3 Å². The molecular formula is C17H19F3N2O4S. The van der Waals surface area contributed by atoms with Crippen molar-refractivity contribution in [3.05, 3.63) is 59.7 Å². The summed E-state index contributed by atoms with van der Waals surface area (Å²) in [4.78, 5) is 10.6. The molecule has 0 unspecified atom stereocenters. The zero-order valence-electron chi connectivity index (χ0n) is 14.3. The van der Waals surface area contributed by atoms with E-state index in [1.807, 2.05) is 24.3 Å². The van der Waals surface area contributed by atoms with Gasteiger partial charge < -0.3 is 11.1 Å². The normalized spacial score (nSPS) is 11.4. The fraction of sp³-hybridized carbons (Fsp3) is 0.235. The molecular weight excluding hydrogens is 385 g/mol. The lowest BCUT2D eigenvalue weighted by molar-refractivity contribution is -0.137. The monoisotopic (exact) mass is 404 g/mol. The topological polar surface area (TPSA) is 109 Å². The van der Waals surface area contributed by atoms with Gasteiger partial charge in [-0.2, -0.15) is 21.6 Å². The first-order valence-corrected chi connectivity index (χ1v) is 9.39. The molecule has 0 saturated heterocycles. The molecule has 0 saturated carbocycles. The van der Waals surface area contributed by atoms with Crippen LogP contribution in [-0.4, -0.2) is 31.7 Å². The van der Waals surface area contributed by atoms with E-state index in [0.717, 1.165) is 23.3 Å². The van der Waals surface area contributed by atoms with Crippen LogP contribution in [0.1, 0.15) is 11.1 Å². The fourth-order valence-electron chi connectivity index (χ4n) is 2.00. The molecule has 0 aliphatic rings. The van der Waals surface area contributed by atoms with Crippen molar-refractivity contribution in [1.29, 1.82) is 0 Å². The van der Waals surface area contributed by atoms with Crippen LogP contribution in [0.4, 0.5) is 13.2 Å². The summed E-state index contributed by atoms with van der Waals surface area (Å²) in [5, 5.41) is 2.88. The van der Waals surface area contributed by atoms with Crippen LogP contribution in [0.5, 0.6) is 0 Å². The third-order valence-electron chi connectivity index (χ3n) is 3.13. The van der Waals surface area contributed by atoms with Gasteiger partial charge in [0, 0.05) is 6.54 Å². The first-order valence-electron chi connectivity index (χ1n) is 7.54. The summed E-state index contributed by atoms with van der Waals surface area (Å²) in [6.07, 6.45) is -3.61. The lowest BCUT2D eigenvalue weighted by atomic mass is 10.0. The van der Waals surface area contributed by atoms with Gasteiger partial charge in [0.15, 0.2) is 0 Å². The average Bonchev–Trinajstić information content (AvgIpc) is 2.53. The molecule has 4 N–H and O–H groups in total. The molecule has 6 nitrogen and oxygen atoms in total. The van der Waals surface area contributed by atoms with E-state index in [9.17, 15) is 26.4 Å². The Morgan fingerprint density at radius 1 is 1.04 bits per heavy atom. The number of primary amides is 1. The van der Waals surface area contributed by atoms with Crippen molar-refractivity contribution in [2.45, 2.75) is 12.7 Å². The maximum Gasteiger partial charge on any atom is 0.416 e. The number of halogens is 3. The molecule has 0 aromatic heterocycles. The minimum Gasteiger partial charge on any atom is -0.369 e. The average molecular weight is 404 g/mol. The molecule has 0 fully saturated rings. The molecule has 0 radical (unpaired) electrons. The molecule has 1 amide bonds. The molecule has 0 aliphatic carbocycles. The van der Waals surface area contributed by atoms with Gasteiger partial charge in [-0.1, -0.05) is 36.4 Å². The lowest BCUT2D eigenvalue weighted by Crippen LogP contribution is -2.28. The highest BCUT2D eigenvalue weighted by Gasteiger charge is 2.29. The summed E-state index contributed by atoms with van der Waals surface area (Å²) in [6.45, 7) is 0.594. The third kappa shape index (κ3) is 9.73. The van der Waals surface area contributed by atoms with E-state index in [2.05, 4.69) is 5.32 Å². The molecule has 0 atom stereocenters. The summed E-state index contributed by atoms with van der Waals surface area (Å²) in [6, 6.07) is 12.4. The maximum absolute atomic E-state index is 12.5. The van der Waals surface area contributed by atoms with Gasteiger partial charge in [0.2, 0.25) is 5.91 Å². The van der Waals surface area contributed by atoms with E-state index in [-0.39, 0.29) is 6.54 Å². The van der Waals surface area contributed by atoms with Crippen LogP contribution < -0.4 is 11.1 Å². The fourth-order valence-corrected chi connectivity index (χ4v) is 2.00. The van der Waals surface area contributed by atoms with E-state index in [0.29, 0.717) is 18.4 Å². The van der Waals surface area contributed by atoms with E-state index >= 15 is 0 Å². The van der Waals surface area contributed by atoms with Crippen LogP contribution in [0, 0.1) is 0 Å². The van der Waals surface area contributed by atoms with Crippen molar-refractivity contribution in [1.82, 2.24) is 5.32 Å². The van der Waals surface area contributed by atoms with Crippen LogP contribution in [0.25, 0.3) is 11.1 Å². The van der Waals surface area contributed by atoms with Gasteiger partial charge >= 0.3 is 6.18 Å². The number of nitrogens with one attached hydrogen (secondary N) is 1. The Labute approximate surface area is 154 Å². The zero-order chi connectivity index (χ0) is 20.7. The number of hydrogen-bond donors (Lipinski definition) is 3. The SMILES string of the molecule is CS(=O)(=O)O.NC(=O)CNCc1ccc(-c2ccc(C(F)(F)F)cc2)cc1. The van der Waals surface area contributed by atoms with Crippen molar-refractivity contribution in [2.75, 3.05) is 12.8 Å². The summed E-state index contributed by atoms with van der Waals surface area (Å²) < 4.78 is 63.4. The van der Waals surface area contributed by atoms with Crippen LogP contribution in [0.3, 0.4) is 0 Å². The lowest BCUT2D eigenvalue weighted by Gasteiger charge is -2.08. The van der Waals surface area contributed by atoms with Crippen molar-refractivity contribution in [3.8, 4) is 11.1 Å². The van der Waals surface area contributed by atoms with Crippen molar-refractivity contribution in [3.63, 3.8) is 0 Å². The molecule has 2 aromatic rings. The highest BCUT2D eigenvalue weighted by atomic mass is 32.2. The van der Waals surface area contributed by atoms with Gasteiger partial charge in [-0.25, -0.2) is 0 Å². The third-order valence-corrected chi connectivity index (χ3v) is 3.13. The standard InChI is InChI=1S/C16H15F3N2O.CH4O3S/c17-16(18,19)14-7-5-13(6-8-14)12-3-1-11(2-4-12)9-21-10-15(20)22;1-5(2,3)4/h1-8,21H,9-10H2,(H2,20,22);1H3,(H,2,3,4). The van der Waals surface area contributed by atoms with Crippen LogP contribution in [0.15, 0.2) is 48.5 Å². The number of carbonyl (C=O) groups excluding carboxylic acids is 1. The van der Waals surface area contributed by atoms with Crippen LogP contribution in [0.2, 0.25) is 0 Å². The predicted molar refractivity (Wildman–Crippen MR) is 95.3 cm³/mol. The summed E-state index contributed by atoms with van der Waals surface area (Å²) in [5.41, 5.74) is 6.85. The molecule has 0 spiro atoms. The summed E-state index contributed by atoms with van der Waals surface area (Å²) >= 11 is 0. The highest BCUT2D eigenvalue weighted by molar-refractivity contribution is 7.85. The van der Waals surface area contributed by atoms with E-state index < -0.39 is 27.8 Å². The smallest absolute Gasteiger partial charge is 0.369 e. The van der Waals surface area contributed by atoms with Crippen molar-refractivity contribution in [2.24, 2.45) is 5.73 Å². The second-order valence-electron chi connectivity index (χ2n) is 5.57. The Balaban J connectivity index is 0.000000646. The number of amides is 1. The molecule has 27 heavy (non-hydrogen) atoms. The second-order valence-corrected chi connectivity index (χ2v) is 7.04. The van der Waals surface area contributed by atoms with Gasteiger partial charge in [0.1, 0.15) is 0 Å². The number of carbonyl (C=O) groups is 1. The molecule has 0 aliphatic heterocycles. The van der Waals surface area contributed by atoms with Crippen LogP contribution in [-0.2, 0) is 27.6 Å². The quantitative estimate of drug-likeness (QED) is 0.663. The van der Waals surface area contributed by atoms with E-state index in [1.54, 1.807) is 0 Å². The highest BCUT2D eigenvalue weighted by Crippen LogP contribution is 2.30. The van der Waals surface area contributed by atoms with Crippen LogP contribution >= 0.6 is 0 Å². The van der Waals surface area contributed by atoms with Gasteiger partial charge in [-0.05, 0) is 28.8 Å². The van der Waals surface area contributed by atoms with Gasteiger partial charge in [0.05, 0.1) is 18.4 Å². The second kappa shape index (κ2) is 9.49. The van der Waals surface area contributed by atoms with Gasteiger partial charge in [0.25, 0.3) is 10.1 Å². The molecule has 10 heteroatoms. The predicted octanol–water partition coefficient (Wildman–Crippen LogP) is 2.45. The maximum atomic E-state index is 12.5. The molecule has 148 valence electrons. The largest absolute Gasteiger partial charge is 0.416 e. The minimum absolute atomic E-state index is 0.0979. The Morgan fingerprint density at radius 2 is 1.44 bits per heavy atom. The molecule has 2 aromatic carbocycles. The first-order chi connectivity index (χ1) is 12.4. The van der Waals surface area contributed by atoms with Gasteiger partial charge in [-0.3, -0.25) is 9.35 Å². The van der Waals surface area contributed by atoms with Crippen molar-refractivity contribution < 1.29 is 30.9 Å². The number of benzene rings is 2. The molecule has 2 rings (SSSR count). The zero-order valence-corrected chi connectivity index (χ0v) is 15.1. The van der Waals surface area contributed by atoms with Crippen molar-refractivity contribution >= 4 is 16.0 Å².